The Hall–Kier alpha value is -0.660. The molecule has 0 saturated carbocycles. The van der Waals surface area contributed by atoms with Crippen LogP contribution in [0.25, 0.3) is 0 Å². The van der Waals surface area contributed by atoms with Crippen LogP contribution in [-0.2, 0) is 18.9 Å². The number of hydrogen-bond donors (Lipinski definition) is 6. The van der Waals surface area contributed by atoms with Gasteiger partial charge in [-0.1, -0.05) is 25.5 Å². The van der Waals surface area contributed by atoms with Crippen molar-refractivity contribution in [3.63, 3.8) is 0 Å². The Morgan fingerprint density at radius 2 is 1.70 bits per heavy atom. The zero-order valence-electron chi connectivity index (χ0n) is 15.2. The summed E-state index contributed by atoms with van der Waals surface area (Å²) in [5.74, 6) is 0. The number of rotatable bonds is 8. The largest absolute Gasteiger partial charge is 0.394 e. The molecule has 0 aromatic rings. The number of allylic oxidation sites excluding steroid dienone is 1. The maximum atomic E-state index is 10.3. The first kappa shape index (κ1) is 22.6. The Bertz CT molecular complexity index is 459. The minimum absolute atomic E-state index is 0.168. The summed E-state index contributed by atoms with van der Waals surface area (Å²) in [6.07, 6.45) is -6.74. The fourth-order valence-corrected chi connectivity index (χ4v) is 2.89. The van der Waals surface area contributed by atoms with Gasteiger partial charge in [-0.25, -0.2) is 0 Å². The fourth-order valence-electron chi connectivity index (χ4n) is 2.89. The Morgan fingerprint density at radius 3 is 2.37 bits per heavy atom. The first-order valence-electron chi connectivity index (χ1n) is 9.11. The van der Waals surface area contributed by atoms with Gasteiger partial charge in [-0.05, 0) is 6.42 Å². The Kier molecular flexibility index (Phi) is 9.02. The molecule has 10 heteroatoms. The van der Waals surface area contributed by atoms with E-state index < -0.39 is 61.9 Å². The molecule has 27 heavy (non-hydrogen) atoms. The quantitative estimate of drug-likeness (QED) is 0.246. The molecule has 0 amide bonds. The highest BCUT2D eigenvalue weighted by atomic mass is 16.7. The van der Waals surface area contributed by atoms with E-state index in [4.69, 9.17) is 18.9 Å². The smallest absolute Gasteiger partial charge is 0.187 e. The SMILES string of the molecule is CCC/C=C/CO[C@H]1OC[C@H](O)[C@@H](O)[C@H]1O[C@@H]1O[C@H](CO)[C@@H](O)[C@@H](O)[C@H]1O. The highest BCUT2D eigenvalue weighted by Crippen LogP contribution is 2.27. The lowest BCUT2D eigenvalue weighted by Crippen LogP contribution is -2.63. The third-order valence-electron chi connectivity index (χ3n) is 4.55. The zero-order chi connectivity index (χ0) is 20.0. The molecule has 158 valence electrons. The number of unbranched alkanes of at least 4 members (excludes halogenated alkanes) is 1. The molecule has 0 radical (unpaired) electrons. The summed E-state index contributed by atoms with van der Waals surface area (Å²) < 4.78 is 21.7. The zero-order valence-corrected chi connectivity index (χ0v) is 15.2. The summed E-state index contributed by atoms with van der Waals surface area (Å²) in [4.78, 5) is 0. The maximum absolute atomic E-state index is 10.3. The molecule has 0 aliphatic carbocycles. The van der Waals surface area contributed by atoms with Gasteiger partial charge in [0.2, 0.25) is 0 Å². The van der Waals surface area contributed by atoms with Crippen molar-refractivity contribution in [1.82, 2.24) is 0 Å². The molecule has 0 unspecified atom stereocenters. The normalized spacial score (nSPS) is 43.3. The Morgan fingerprint density at radius 1 is 0.963 bits per heavy atom. The summed E-state index contributed by atoms with van der Waals surface area (Å²) in [7, 11) is 0. The molecule has 0 aromatic heterocycles. The van der Waals surface area contributed by atoms with Gasteiger partial charge in [0.25, 0.3) is 0 Å². The summed E-state index contributed by atoms with van der Waals surface area (Å²) in [5.41, 5.74) is 0. The van der Waals surface area contributed by atoms with Crippen LogP contribution in [-0.4, -0.2) is 106 Å². The predicted molar refractivity (Wildman–Crippen MR) is 90.4 cm³/mol. The molecule has 10 nitrogen and oxygen atoms in total. The molecule has 6 N–H and O–H groups in total. The van der Waals surface area contributed by atoms with Crippen molar-refractivity contribution in [2.24, 2.45) is 0 Å². The van der Waals surface area contributed by atoms with Crippen LogP contribution in [0, 0.1) is 0 Å². The van der Waals surface area contributed by atoms with E-state index in [0.717, 1.165) is 12.8 Å². The first-order valence-corrected chi connectivity index (χ1v) is 9.11. The number of hydrogen-bond acceptors (Lipinski definition) is 10. The molecule has 2 rings (SSSR count). The van der Waals surface area contributed by atoms with Crippen LogP contribution in [0.2, 0.25) is 0 Å². The summed E-state index contributed by atoms with van der Waals surface area (Å²) in [6.45, 7) is 1.44. The van der Waals surface area contributed by atoms with E-state index in [9.17, 15) is 30.6 Å². The van der Waals surface area contributed by atoms with Gasteiger partial charge in [0.15, 0.2) is 12.6 Å². The van der Waals surface area contributed by atoms with Crippen LogP contribution in [0.3, 0.4) is 0 Å². The monoisotopic (exact) mass is 394 g/mol. The van der Waals surface area contributed by atoms with Crippen LogP contribution in [0.4, 0.5) is 0 Å². The van der Waals surface area contributed by atoms with Crippen molar-refractivity contribution in [2.45, 2.75) is 75.1 Å². The minimum atomic E-state index is -1.64. The van der Waals surface area contributed by atoms with Crippen molar-refractivity contribution in [3.8, 4) is 0 Å². The third kappa shape index (κ3) is 5.67. The molecule has 0 bridgehead atoms. The van der Waals surface area contributed by atoms with Crippen LogP contribution < -0.4 is 0 Å². The first-order chi connectivity index (χ1) is 12.9. The van der Waals surface area contributed by atoms with Crippen molar-refractivity contribution >= 4 is 0 Å². The van der Waals surface area contributed by atoms with Crippen molar-refractivity contribution in [1.29, 1.82) is 0 Å². The fraction of sp³-hybridized carbons (Fsp3) is 0.882. The molecule has 0 spiro atoms. The molecule has 2 aliphatic heterocycles. The highest BCUT2D eigenvalue weighted by Gasteiger charge is 2.48. The molecule has 2 aliphatic rings. The van der Waals surface area contributed by atoms with E-state index in [1.165, 1.54) is 0 Å². The molecule has 0 aromatic carbocycles. The van der Waals surface area contributed by atoms with Gasteiger partial charge in [-0.15, -0.1) is 0 Å². The lowest BCUT2D eigenvalue weighted by molar-refractivity contribution is -0.356. The van der Waals surface area contributed by atoms with Crippen molar-refractivity contribution < 1.29 is 49.6 Å². The van der Waals surface area contributed by atoms with E-state index in [0.29, 0.717) is 0 Å². The number of ether oxygens (including phenoxy) is 4. The van der Waals surface area contributed by atoms with Crippen LogP contribution in [0.1, 0.15) is 19.8 Å². The van der Waals surface area contributed by atoms with Crippen LogP contribution in [0.15, 0.2) is 12.2 Å². The number of aliphatic hydroxyl groups is 6. The van der Waals surface area contributed by atoms with E-state index in [2.05, 4.69) is 0 Å². The van der Waals surface area contributed by atoms with E-state index in [-0.39, 0.29) is 13.2 Å². The van der Waals surface area contributed by atoms with Crippen molar-refractivity contribution in [3.05, 3.63) is 12.2 Å². The van der Waals surface area contributed by atoms with E-state index in [1.54, 1.807) is 6.08 Å². The summed E-state index contributed by atoms with van der Waals surface area (Å²) in [6, 6.07) is 0. The van der Waals surface area contributed by atoms with E-state index >= 15 is 0 Å². The van der Waals surface area contributed by atoms with E-state index in [1.807, 2.05) is 13.0 Å². The topological polar surface area (TPSA) is 158 Å². The number of aliphatic hydroxyl groups excluding tert-OH is 6. The highest BCUT2D eigenvalue weighted by molar-refractivity contribution is 4.92. The second kappa shape index (κ2) is 10.8. The van der Waals surface area contributed by atoms with Gasteiger partial charge < -0.3 is 49.6 Å². The summed E-state index contributed by atoms with van der Waals surface area (Å²) >= 11 is 0. The Labute approximate surface area is 157 Å². The average molecular weight is 394 g/mol. The molecule has 2 saturated heterocycles. The van der Waals surface area contributed by atoms with Gasteiger partial charge >= 0.3 is 0 Å². The van der Waals surface area contributed by atoms with Crippen LogP contribution in [0.5, 0.6) is 0 Å². The van der Waals surface area contributed by atoms with Gasteiger partial charge in [-0.3, -0.25) is 0 Å². The van der Waals surface area contributed by atoms with Gasteiger partial charge in [-0.2, -0.15) is 0 Å². The van der Waals surface area contributed by atoms with Gasteiger partial charge in [0.1, 0.15) is 42.7 Å². The molecule has 9 atom stereocenters. The molecular weight excluding hydrogens is 364 g/mol. The van der Waals surface area contributed by atoms with Crippen LogP contribution >= 0.6 is 0 Å². The summed E-state index contributed by atoms with van der Waals surface area (Å²) in [5, 5.41) is 59.1. The second-order valence-electron chi connectivity index (χ2n) is 6.65. The van der Waals surface area contributed by atoms with Crippen molar-refractivity contribution in [2.75, 3.05) is 19.8 Å². The third-order valence-corrected chi connectivity index (χ3v) is 4.55. The predicted octanol–water partition coefficient (Wildman–Crippen LogP) is -2.38. The standard InChI is InChI=1S/C17H30O10/c1-2-3-4-5-6-24-17-15(11(20)9(19)8-25-17)27-16-14(23)13(22)12(21)10(7-18)26-16/h4-5,9-23H,2-3,6-8H2,1H3/b5-4+/t9-,10+,11+,12+,13+,14+,15+,16-,17-/m0/s1. The molecular formula is C17H30O10. The van der Waals surface area contributed by atoms with Gasteiger partial charge in [0, 0.05) is 0 Å². The minimum Gasteiger partial charge on any atom is -0.394 e. The lowest BCUT2D eigenvalue weighted by Gasteiger charge is -2.44. The molecule has 2 fully saturated rings. The lowest BCUT2D eigenvalue weighted by atomic mass is 9.99. The van der Waals surface area contributed by atoms with Gasteiger partial charge in [0.05, 0.1) is 19.8 Å². The molecule has 2 heterocycles. The maximum Gasteiger partial charge on any atom is 0.187 e. The second-order valence-corrected chi connectivity index (χ2v) is 6.65. The average Bonchev–Trinajstić information content (AvgIpc) is 2.66. The Balaban J connectivity index is 2.03.